The minimum atomic E-state index is -0.0507. The van der Waals surface area contributed by atoms with Crippen LogP contribution < -0.4 is 5.32 Å². The zero-order chi connectivity index (χ0) is 12.7. The molecule has 0 aromatic heterocycles. The fourth-order valence-corrected chi connectivity index (χ4v) is 3.08. The number of hydrogen-bond donors (Lipinski definition) is 1. The van der Waals surface area contributed by atoms with Crippen molar-refractivity contribution in [2.75, 3.05) is 13.2 Å². The van der Waals surface area contributed by atoms with Crippen LogP contribution in [0.2, 0.25) is 0 Å². The van der Waals surface area contributed by atoms with Gasteiger partial charge in [-0.1, -0.05) is 33.1 Å². The Hall–Kier alpha value is -0.570. The molecule has 0 spiro atoms. The lowest BCUT2D eigenvalue weighted by atomic mass is 9.73. The molecule has 100 valence electrons. The third kappa shape index (κ3) is 4.30. The lowest BCUT2D eigenvalue weighted by Crippen LogP contribution is -2.50. The highest BCUT2D eigenvalue weighted by atomic mass is 16.5. The molecule has 0 bridgehead atoms. The first-order chi connectivity index (χ1) is 8.15. The third-order valence-electron chi connectivity index (χ3n) is 3.86. The third-order valence-corrected chi connectivity index (χ3v) is 3.86. The van der Waals surface area contributed by atoms with Gasteiger partial charge in [0.2, 0.25) is 0 Å². The molecule has 0 aromatic carbocycles. The van der Waals surface area contributed by atoms with Crippen molar-refractivity contribution in [3.63, 3.8) is 0 Å². The van der Waals surface area contributed by atoms with E-state index in [1.54, 1.807) is 0 Å². The van der Waals surface area contributed by atoms with E-state index < -0.39 is 0 Å². The second-order valence-corrected chi connectivity index (χ2v) is 5.16. The van der Waals surface area contributed by atoms with Crippen molar-refractivity contribution in [1.29, 1.82) is 0 Å². The largest absolute Gasteiger partial charge is 0.466 e. The Balaban J connectivity index is 2.63. The van der Waals surface area contributed by atoms with Crippen molar-refractivity contribution in [3.05, 3.63) is 0 Å². The topological polar surface area (TPSA) is 38.3 Å². The van der Waals surface area contributed by atoms with Crippen LogP contribution in [0.4, 0.5) is 0 Å². The maximum atomic E-state index is 11.7. The minimum absolute atomic E-state index is 0.0000694. The van der Waals surface area contributed by atoms with E-state index in [4.69, 9.17) is 4.74 Å². The summed E-state index contributed by atoms with van der Waals surface area (Å²) in [6.07, 6.45) is 6.52. The van der Waals surface area contributed by atoms with Crippen molar-refractivity contribution in [3.8, 4) is 0 Å². The molecule has 3 heteroatoms. The molecule has 3 nitrogen and oxygen atoms in total. The maximum Gasteiger partial charge on any atom is 0.307 e. The second-order valence-electron chi connectivity index (χ2n) is 5.16. The highest BCUT2D eigenvalue weighted by Crippen LogP contribution is 2.36. The first-order valence-electron chi connectivity index (χ1n) is 7.06. The Morgan fingerprint density at radius 2 is 2.18 bits per heavy atom. The number of carbonyl (C=O) groups excluding carboxylic acids is 1. The monoisotopic (exact) mass is 241 g/mol. The van der Waals surface area contributed by atoms with Crippen LogP contribution in [0.25, 0.3) is 0 Å². The van der Waals surface area contributed by atoms with E-state index in [9.17, 15) is 4.79 Å². The van der Waals surface area contributed by atoms with Gasteiger partial charge in [0.15, 0.2) is 0 Å². The van der Waals surface area contributed by atoms with Crippen LogP contribution in [0.3, 0.4) is 0 Å². The van der Waals surface area contributed by atoms with Gasteiger partial charge in [0.05, 0.1) is 13.0 Å². The van der Waals surface area contributed by atoms with E-state index in [1.165, 1.54) is 19.3 Å². The average molecular weight is 241 g/mol. The molecule has 1 rings (SSSR count). The van der Waals surface area contributed by atoms with E-state index in [2.05, 4.69) is 19.2 Å². The Morgan fingerprint density at radius 1 is 1.41 bits per heavy atom. The van der Waals surface area contributed by atoms with E-state index in [0.29, 0.717) is 13.0 Å². The van der Waals surface area contributed by atoms with Crippen LogP contribution in [0.15, 0.2) is 0 Å². The molecule has 2 atom stereocenters. The van der Waals surface area contributed by atoms with Crippen molar-refractivity contribution >= 4 is 5.97 Å². The van der Waals surface area contributed by atoms with Crippen LogP contribution in [-0.2, 0) is 9.53 Å². The fraction of sp³-hybridized carbons (Fsp3) is 0.929. The second kappa shape index (κ2) is 7.00. The molecule has 1 fully saturated rings. The number of nitrogens with one attached hydrogen (secondary N) is 1. The Morgan fingerprint density at radius 3 is 2.76 bits per heavy atom. The molecule has 17 heavy (non-hydrogen) atoms. The van der Waals surface area contributed by atoms with E-state index in [0.717, 1.165) is 25.3 Å². The molecule has 1 saturated carbocycles. The molecule has 0 amide bonds. The molecule has 0 radical (unpaired) electrons. The molecule has 0 aromatic rings. The van der Waals surface area contributed by atoms with E-state index in [-0.39, 0.29) is 11.5 Å². The van der Waals surface area contributed by atoms with E-state index in [1.807, 2.05) is 6.92 Å². The van der Waals surface area contributed by atoms with Gasteiger partial charge in [-0.3, -0.25) is 4.79 Å². The number of ether oxygens (including phenoxy) is 1. The van der Waals surface area contributed by atoms with Crippen LogP contribution >= 0.6 is 0 Å². The number of rotatable bonds is 6. The molecule has 0 heterocycles. The standard InChI is InChI=1S/C14H27NO2/c1-4-12-8-7-9-14(10-12,15-5-2)11-13(16)17-6-3/h12,15H,4-11H2,1-3H3. The SMILES string of the molecule is CCNC1(CC(=O)OCC)CCCC(CC)C1. The first-order valence-corrected chi connectivity index (χ1v) is 7.06. The van der Waals surface area contributed by atoms with Gasteiger partial charge < -0.3 is 10.1 Å². The minimum Gasteiger partial charge on any atom is -0.466 e. The zero-order valence-electron chi connectivity index (χ0n) is 11.6. The van der Waals surface area contributed by atoms with Crippen molar-refractivity contribution < 1.29 is 9.53 Å². The normalized spacial score (nSPS) is 29.0. The zero-order valence-corrected chi connectivity index (χ0v) is 11.6. The Labute approximate surface area is 105 Å². The van der Waals surface area contributed by atoms with Gasteiger partial charge in [0.1, 0.15) is 0 Å². The summed E-state index contributed by atoms with van der Waals surface area (Å²) < 4.78 is 5.11. The summed E-state index contributed by atoms with van der Waals surface area (Å²) in [4.78, 5) is 11.7. The summed E-state index contributed by atoms with van der Waals surface area (Å²) in [6, 6.07) is 0. The summed E-state index contributed by atoms with van der Waals surface area (Å²) >= 11 is 0. The van der Waals surface area contributed by atoms with Crippen molar-refractivity contribution in [2.24, 2.45) is 5.92 Å². The summed E-state index contributed by atoms with van der Waals surface area (Å²) in [7, 11) is 0. The smallest absolute Gasteiger partial charge is 0.307 e. The molecule has 1 aliphatic carbocycles. The predicted molar refractivity (Wildman–Crippen MR) is 69.9 cm³/mol. The number of carbonyl (C=O) groups is 1. The molecule has 2 unspecified atom stereocenters. The molecular weight excluding hydrogens is 214 g/mol. The van der Waals surface area contributed by atoms with Gasteiger partial charge in [0, 0.05) is 5.54 Å². The lowest BCUT2D eigenvalue weighted by Gasteiger charge is -2.41. The van der Waals surface area contributed by atoms with Gasteiger partial charge in [-0.2, -0.15) is 0 Å². The quantitative estimate of drug-likeness (QED) is 0.727. The molecule has 0 aliphatic heterocycles. The summed E-state index contributed by atoms with van der Waals surface area (Å²) in [5.41, 5.74) is -0.0000694. The fourth-order valence-electron chi connectivity index (χ4n) is 3.08. The van der Waals surface area contributed by atoms with Gasteiger partial charge in [-0.25, -0.2) is 0 Å². The maximum absolute atomic E-state index is 11.7. The van der Waals surface area contributed by atoms with Gasteiger partial charge in [-0.15, -0.1) is 0 Å². The Bertz CT molecular complexity index is 238. The molecule has 1 aliphatic rings. The first kappa shape index (κ1) is 14.5. The highest BCUT2D eigenvalue weighted by Gasteiger charge is 2.37. The van der Waals surface area contributed by atoms with Gasteiger partial charge in [-0.05, 0) is 32.2 Å². The van der Waals surface area contributed by atoms with Gasteiger partial charge in [0.25, 0.3) is 0 Å². The lowest BCUT2D eigenvalue weighted by molar-refractivity contribution is -0.145. The van der Waals surface area contributed by atoms with Gasteiger partial charge >= 0.3 is 5.97 Å². The molecule has 1 N–H and O–H groups in total. The molecular formula is C14H27NO2. The van der Waals surface area contributed by atoms with Crippen molar-refractivity contribution in [1.82, 2.24) is 5.32 Å². The van der Waals surface area contributed by atoms with Crippen LogP contribution in [0, 0.1) is 5.92 Å². The van der Waals surface area contributed by atoms with Crippen LogP contribution in [-0.4, -0.2) is 24.7 Å². The summed E-state index contributed by atoms with van der Waals surface area (Å²) in [5, 5.41) is 3.55. The predicted octanol–water partition coefficient (Wildman–Crippen LogP) is 2.89. The molecule has 0 saturated heterocycles. The van der Waals surface area contributed by atoms with E-state index >= 15 is 0 Å². The van der Waals surface area contributed by atoms with Crippen molar-refractivity contribution in [2.45, 2.75) is 64.8 Å². The van der Waals surface area contributed by atoms with Crippen LogP contribution in [0.5, 0.6) is 0 Å². The number of esters is 1. The summed E-state index contributed by atoms with van der Waals surface area (Å²) in [5.74, 6) is 0.711. The van der Waals surface area contributed by atoms with Crippen LogP contribution in [0.1, 0.15) is 59.3 Å². The number of hydrogen-bond acceptors (Lipinski definition) is 3. The highest BCUT2D eigenvalue weighted by molar-refractivity contribution is 5.71. The Kier molecular flexibility index (Phi) is 5.96. The summed E-state index contributed by atoms with van der Waals surface area (Å²) in [6.45, 7) is 7.64. The average Bonchev–Trinajstić information content (AvgIpc) is 2.29.